The summed E-state index contributed by atoms with van der Waals surface area (Å²) >= 11 is 0. The maximum atomic E-state index is 5.67. The Bertz CT molecular complexity index is 443. The average molecular weight is 206 g/mol. The number of rotatable bonds is 3. The molecule has 0 radical (unpaired) electrons. The Labute approximate surface area is 88.1 Å². The Hall–Kier alpha value is -1.55. The second-order valence-corrected chi connectivity index (χ2v) is 3.46. The molecular weight excluding hydrogens is 192 g/mol. The van der Waals surface area contributed by atoms with E-state index >= 15 is 0 Å². The third-order valence-electron chi connectivity index (χ3n) is 2.25. The van der Waals surface area contributed by atoms with E-state index in [4.69, 9.17) is 14.6 Å². The van der Waals surface area contributed by atoms with Crippen molar-refractivity contribution < 1.29 is 8.83 Å². The van der Waals surface area contributed by atoms with Gasteiger partial charge in [-0.25, -0.2) is 4.98 Å². The number of aromatic nitrogens is 1. The lowest BCUT2D eigenvalue weighted by atomic mass is 10.2. The van der Waals surface area contributed by atoms with Crippen LogP contribution in [0.2, 0.25) is 0 Å². The van der Waals surface area contributed by atoms with E-state index in [1.165, 1.54) is 0 Å². The van der Waals surface area contributed by atoms with E-state index in [0.29, 0.717) is 11.7 Å². The third kappa shape index (κ3) is 1.80. The minimum Gasteiger partial charge on any atom is -0.469 e. The number of aryl methyl sites for hydroxylation is 1. The van der Waals surface area contributed by atoms with Crippen molar-refractivity contribution in [2.45, 2.75) is 26.3 Å². The number of hydrogen-bond donors (Lipinski definition) is 1. The van der Waals surface area contributed by atoms with Gasteiger partial charge in [0.25, 0.3) is 0 Å². The van der Waals surface area contributed by atoms with Crippen LogP contribution in [0.4, 0.5) is 0 Å². The Morgan fingerprint density at radius 3 is 2.93 bits per heavy atom. The molecule has 2 N–H and O–H groups in total. The van der Waals surface area contributed by atoms with Crippen molar-refractivity contribution in [3.05, 3.63) is 30.2 Å². The van der Waals surface area contributed by atoms with E-state index in [9.17, 15) is 0 Å². The van der Waals surface area contributed by atoms with Crippen LogP contribution in [0, 0.1) is 0 Å². The molecule has 1 atom stereocenters. The van der Waals surface area contributed by atoms with Crippen molar-refractivity contribution in [1.82, 2.24) is 4.98 Å². The van der Waals surface area contributed by atoms with Gasteiger partial charge >= 0.3 is 0 Å². The third-order valence-corrected chi connectivity index (χ3v) is 2.25. The maximum absolute atomic E-state index is 5.67. The summed E-state index contributed by atoms with van der Waals surface area (Å²) in [5, 5.41) is 0. The lowest BCUT2D eigenvalue weighted by Gasteiger charge is -1.97. The largest absolute Gasteiger partial charge is 0.469 e. The molecule has 2 aromatic heterocycles. The van der Waals surface area contributed by atoms with Crippen LogP contribution in [-0.4, -0.2) is 4.98 Å². The number of furan rings is 1. The fourth-order valence-electron chi connectivity index (χ4n) is 1.46. The van der Waals surface area contributed by atoms with Crippen LogP contribution >= 0.6 is 0 Å². The highest BCUT2D eigenvalue weighted by atomic mass is 16.4. The van der Waals surface area contributed by atoms with Crippen LogP contribution < -0.4 is 5.73 Å². The van der Waals surface area contributed by atoms with E-state index in [1.807, 2.05) is 19.9 Å². The lowest BCUT2D eigenvalue weighted by molar-refractivity contribution is 0.470. The molecular formula is C11H14N2O2. The molecule has 2 heterocycles. The van der Waals surface area contributed by atoms with Crippen molar-refractivity contribution >= 4 is 0 Å². The number of hydrogen-bond acceptors (Lipinski definition) is 4. The molecule has 0 saturated carbocycles. The molecule has 0 spiro atoms. The normalized spacial score (nSPS) is 13.0. The quantitative estimate of drug-likeness (QED) is 0.838. The average Bonchev–Trinajstić information content (AvgIpc) is 2.85. The summed E-state index contributed by atoms with van der Waals surface area (Å²) in [6, 6.07) is 1.69. The van der Waals surface area contributed by atoms with E-state index in [1.54, 1.807) is 12.5 Å². The molecule has 80 valence electrons. The highest BCUT2D eigenvalue weighted by Crippen LogP contribution is 2.27. The smallest absolute Gasteiger partial charge is 0.211 e. The minimum atomic E-state index is -0.185. The van der Waals surface area contributed by atoms with Crippen molar-refractivity contribution in [3.8, 4) is 11.3 Å². The molecule has 0 aliphatic rings. The zero-order valence-electron chi connectivity index (χ0n) is 8.86. The molecule has 4 heteroatoms. The van der Waals surface area contributed by atoms with Gasteiger partial charge in [-0.1, -0.05) is 6.92 Å². The van der Waals surface area contributed by atoms with E-state index in [0.717, 1.165) is 17.7 Å². The summed E-state index contributed by atoms with van der Waals surface area (Å²) in [6.07, 6.45) is 4.17. The first-order valence-electron chi connectivity index (χ1n) is 5.00. The molecule has 0 bridgehead atoms. The predicted molar refractivity (Wildman–Crippen MR) is 56.2 cm³/mol. The topological polar surface area (TPSA) is 65.2 Å². The number of nitrogens with zero attached hydrogens (tertiary/aromatic N) is 1. The fraction of sp³-hybridized carbons (Fsp3) is 0.364. The predicted octanol–water partition coefficient (Wildman–Crippen LogP) is 2.52. The molecule has 15 heavy (non-hydrogen) atoms. The van der Waals surface area contributed by atoms with Gasteiger partial charge in [0.1, 0.15) is 5.76 Å². The monoisotopic (exact) mass is 206 g/mol. The molecule has 0 aliphatic heterocycles. The zero-order chi connectivity index (χ0) is 10.8. The molecule has 4 nitrogen and oxygen atoms in total. The Morgan fingerprint density at radius 2 is 2.33 bits per heavy atom. The standard InChI is InChI=1S/C11H14N2O2/c1-3-9-8(4-5-14-9)10-6-13-11(15-10)7(2)12/h4-7H,3,12H2,1-2H3. The van der Waals surface area contributed by atoms with Gasteiger partial charge in [-0.2, -0.15) is 0 Å². The number of nitrogens with two attached hydrogens (primary N) is 1. The summed E-state index contributed by atoms with van der Waals surface area (Å²) in [7, 11) is 0. The molecule has 2 rings (SSSR count). The first-order valence-corrected chi connectivity index (χ1v) is 5.00. The zero-order valence-corrected chi connectivity index (χ0v) is 8.86. The van der Waals surface area contributed by atoms with Gasteiger partial charge in [0.2, 0.25) is 5.89 Å². The molecule has 0 amide bonds. The van der Waals surface area contributed by atoms with Crippen LogP contribution in [0.5, 0.6) is 0 Å². The first-order chi connectivity index (χ1) is 7.22. The summed E-state index contributed by atoms with van der Waals surface area (Å²) in [5.74, 6) is 2.17. The molecule has 0 fully saturated rings. The summed E-state index contributed by atoms with van der Waals surface area (Å²) in [6.45, 7) is 3.87. The Morgan fingerprint density at radius 1 is 1.53 bits per heavy atom. The van der Waals surface area contributed by atoms with E-state index in [2.05, 4.69) is 4.98 Å². The van der Waals surface area contributed by atoms with Crippen molar-refractivity contribution in [2.24, 2.45) is 5.73 Å². The fourth-order valence-corrected chi connectivity index (χ4v) is 1.46. The highest BCUT2D eigenvalue weighted by molar-refractivity contribution is 5.58. The number of oxazole rings is 1. The van der Waals surface area contributed by atoms with Gasteiger partial charge in [0.05, 0.1) is 24.1 Å². The second-order valence-electron chi connectivity index (χ2n) is 3.46. The van der Waals surface area contributed by atoms with Gasteiger partial charge in [-0.15, -0.1) is 0 Å². The van der Waals surface area contributed by atoms with Crippen LogP contribution in [0.1, 0.15) is 31.5 Å². The van der Waals surface area contributed by atoms with E-state index < -0.39 is 0 Å². The van der Waals surface area contributed by atoms with Crippen molar-refractivity contribution in [3.63, 3.8) is 0 Å². The molecule has 0 aliphatic carbocycles. The van der Waals surface area contributed by atoms with Crippen LogP contribution in [0.15, 0.2) is 27.4 Å². The van der Waals surface area contributed by atoms with Gasteiger partial charge in [-0.3, -0.25) is 0 Å². The van der Waals surface area contributed by atoms with Gasteiger partial charge in [0.15, 0.2) is 5.76 Å². The van der Waals surface area contributed by atoms with Crippen molar-refractivity contribution in [1.29, 1.82) is 0 Å². The van der Waals surface area contributed by atoms with Gasteiger partial charge < -0.3 is 14.6 Å². The summed E-state index contributed by atoms with van der Waals surface area (Å²) in [4.78, 5) is 4.11. The van der Waals surface area contributed by atoms with Gasteiger partial charge in [0, 0.05) is 6.42 Å². The molecule has 0 aromatic carbocycles. The summed E-state index contributed by atoms with van der Waals surface area (Å²) in [5.41, 5.74) is 6.63. The second kappa shape index (κ2) is 3.90. The minimum absolute atomic E-state index is 0.185. The van der Waals surface area contributed by atoms with Crippen molar-refractivity contribution in [2.75, 3.05) is 0 Å². The SMILES string of the molecule is CCc1occc1-c1cnc(C(C)N)o1. The molecule has 0 saturated heterocycles. The van der Waals surface area contributed by atoms with Crippen LogP contribution in [-0.2, 0) is 6.42 Å². The lowest BCUT2D eigenvalue weighted by Crippen LogP contribution is -2.04. The van der Waals surface area contributed by atoms with Gasteiger partial charge in [-0.05, 0) is 13.0 Å². The van der Waals surface area contributed by atoms with Crippen LogP contribution in [0.25, 0.3) is 11.3 Å². The van der Waals surface area contributed by atoms with Crippen LogP contribution in [0.3, 0.4) is 0 Å². The first kappa shape index (κ1) is 9.98. The molecule has 2 aromatic rings. The Balaban J connectivity index is 2.37. The Kier molecular flexibility index (Phi) is 2.60. The maximum Gasteiger partial charge on any atom is 0.211 e. The molecule has 1 unspecified atom stereocenters. The van der Waals surface area contributed by atoms with E-state index in [-0.39, 0.29) is 6.04 Å². The summed E-state index contributed by atoms with van der Waals surface area (Å²) < 4.78 is 10.9. The highest BCUT2D eigenvalue weighted by Gasteiger charge is 2.13.